The number of aryl methyl sites for hydroxylation is 1. The number of nitrogens with zero attached hydrogens (tertiary/aromatic N) is 3. The summed E-state index contributed by atoms with van der Waals surface area (Å²) in [6.45, 7) is 10.8. The van der Waals surface area contributed by atoms with Crippen LogP contribution in [0.3, 0.4) is 0 Å². The highest BCUT2D eigenvalue weighted by atomic mass is 16.5. The highest BCUT2D eigenvalue weighted by molar-refractivity contribution is 5.93. The van der Waals surface area contributed by atoms with Crippen LogP contribution >= 0.6 is 0 Å². The number of piperidine rings is 1. The third-order valence-electron chi connectivity index (χ3n) is 5.74. The highest BCUT2D eigenvalue weighted by Gasteiger charge is 2.41. The van der Waals surface area contributed by atoms with Gasteiger partial charge in [-0.05, 0) is 32.7 Å². The first-order chi connectivity index (χ1) is 13.2. The van der Waals surface area contributed by atoms with Crippen LogP contribution in [-0.2, 0) is 9.53 Å². The summed E-state index contributed by atoms with van der Waals surface area (Å²) in [6, 6.07) is -0.359. The second-order valence-electron chi connectivity index (χ2n) is 8.44. The van der Waals surface area contributed by atoms with E-state index in [-0.39, 0.29) is 29.4 Å². The molecule has 2 amide bonds. The fourth-order valence-electron chi connectivity index (χ4n) is 3.98. The Morgan fingerprint density at radius 2 is 1.89 bits per heavy atom. The van der Waals surface area contributed by atoms with Crippen molar-refractivity contribution in [1.29, 1.82) is 0 Å². The van der Waals surface area contributed by atoms with Gasteiger partial charge in [-0.3, -0.25) is 9.59 Å². The van der Waals surface area contributed by atoms with Gasteiger partial charge in [0.1, 0.15) is 11.8 Å². The monoisotopic (exact) mass is 392 g/mol. The first-order valence-corrected chi connectivity index (χ1v) is 10.1. The van der Waals surface area contributed by atoms with Gasteiger partial charge < -0.3 is 24.3 Å². The molecule has 0 unspecified atom stereocenters. The molecule has 2 aliphatic rings. The Morgan fingerprint density at radius 1 is 1.21 bits per heavy atom. The van der Waals surface area contributed by atoms with Crippen molar-refractivity contribution in [2.24, 2.45) is 5.92 Å². The Balaban J connectivity index is 1.77. The molecule has 3 heterocycles. The molecule has 0 radical (unpaired) electrons. The van der Waals surface area contributed by atoms with Gasteiger partial charge in [-0.1, -0.05) is 13.8 Å². The molecule has 0 aliphatic carbocycles. The van der Waals surface area contributed by atoms with E-state index in [0.29, 0.717) is 37.0 Å². The molecule has 0 bridgehead atoms. The first-order valence-electron chi connectivity index (χ1n) is 10.1. The minimum absolute atomic E-state index is 0.0933. The molecular formula is C20H32N4O4. The topological polar surface area (TPSA) is 87.9 Å². The standard InChI is InChI=1S/C20H32N4O4/c1-13(2)16(21-15(4)25)18-22-17(14(3)28-18)19(26)24-10-11-27-20(12-24)6-8-23(5)9-7-20/h13,16H,6-12H2,1-5H3,(H,21,25)/t16-/m0/s1. The lowest BCUT2D eigenvalue weighted by Gasteiger charge is -2.46. The number of amides is 2. The van der Waals surface area contributed by atoms with Crippen molar-refractivity contribution in [1.82, 2.24) is 20.1 Å². The maximum absolute atomic E-state index is 13.2. The maximum Gasteiger partial charge on any atom is 0.276 e. The lowest BCUT2D eigenvalue weighted by Crippen LogP contribution is -2.57. The number of oxazole rings is 1. The summed E-state index contributed by atoms with van der Waals surface area (Å²) in [6.07, 6.45) is 1.85. The van der Waals surface area contributed by atoms with E-state index in [1.54, 1.807) is 6.92 Å². The van der Waals surface area contributed by atoms with E-state index in [2.05, 4.69) is 22.2 Å². The molecule has 1 atom stereocenters. The van der Waals surface area contributed by atoms with Gasteiger partial charge in [-0.2, -0.15) is 0 Å². The van der Waals surface area contributed by atoms with E-state index in [1.165, 1.54) is 6.92 Å². The fraction of sp³-hybridized carbons (Fsp3) is 0.750. The van der Waals surface area contributed by atoms with Crippen molar-refractivity contribution in [2.45, 2.75) is 52.2 Å². The van der Waals surface area contributed by atoms with Crippen LogP contribution in [0.15, 0.2) is 4.42 Å². The number of nitrogens with one attached hydrogen (secondary N) is 1. The van der Waals surface area contributed by atoms with Gasteiger partial charge in [0, 0.05) is 26.6 Å². The van der Waals surface area contributed by atoms with Crippen LogP contribution < -0.4 is 5.32 Å². The molecule has 28 heavy (non-hydrogen) atoms. The zero-order valence-corrected chi connectivity index (χ0v) is 17.6. The maximum atomic E-state index is 13.2. The number of carbonyl (C=O) groups is 2. The second-order valence-corrected chi connectivity index (χ2v) is 8.44. The molecule has 1 aromatic rings. The lowest BCUT2D eigenvalue weighted by atomic mass is 9.89. The van der Waals surface area contributed by atoms with Crippen LogP contribution in [0.5, 0.6) is 0 Å². The number of aromatic nitrogens is 1. The normalized spacial score (nSPS) is 21.1. The van der Waals surface area contributed by atoms with E-state index in [4.69, 9.17) is 9.15 Å². The molecular weight excluding hydrogens is 360 g/mol. The van der Waals surface area contributed by atoms with Gasteiger partial charge in [0.05, 0.1) is 18.8 Å². The number of hydrogen-bond donors (Lipinski definition) is 1. The van der Waals surface area contributed by atoms with E-state index >= 15 is 0 Å². The average Bonchev–Trinajstić information content (AvgIpc) is 3.03. The van der Waals surface area contributed by atoms with Crippen molar-refractivity contribution in [2.75, 3.05) is 39.8 Å². The quantitative estimate of drug-likeness (QED) is 0.840. The molecule has 8 heteroatoms. The summed E-state index contributed by atoms with van der Waals surface area (Å²) in [5.41, 5.74) is 0.0772. The van der Waals surface area contributed by atoms with Crippen LogP contribution in [0.2, 0.25) is 0 Å². The van der Waals surface area contributed by atoms with Crippen molar-refractivity contribution >= 4 is 11.8 Å². The highest BCUT2D eigenvalue weighted by Crippen LogP contribution is 2.31. The summed E-state index contributed by atoms with van der Waals surface area (Å²) >= 11 is 0. The molecule has 2 saturated heterocycles. The van der Waals surface area contributed by atoms with Crippen LogP contribution in [0, 0.1) is 12.8 Å². The Hall–Kier alpha value is -1.93. The number of morpholine rings is 1. The molecule has 156 valence electrons. The molecule has 0 saturated carbocycles. The lowest BCUT2D eigenvalue weighted by molar-refractivity contribution is -0.125. The number of ether oxygens (including phenoxy) is 1. The van der Waals surface area contributed by atoms with E-state index in [9.17, 15) is 9.59 Å². The third-order valence-corrected chi connectivity index (χ3v) is 5.74. The molecule has 8 nitrogen and oxygen atoms in total. The van der Waals surface area contributed by atoms with E-state index in [0.717, 1.165) is 25.9 Å². The fourth-order valence-corrected chi connectivity index (χ4v) is 3.98. The summed E-state index contributed by atoms with van der Waals surface area (Å²) in [5, 5.41) is 2.86. The second kappa shape index (κ2) is 8.21. The number of carbonyl (C=O) groups excluding carboxylic acids is 2. The molecule has 2 fully saturated rings. The molecule has 1 spiro atoms. The largest absolute Gasteiger partial charge is 0.443 e. The van der Waals surface area contributed by atoms with Crippen LogP contribution in [0.4, 0.5) is 0 Å². The molecule has 1 aromatic heterocycles. The Kier molecular flexibility index (Phi) is 6.09. The minimum atomic E-state index is -0.359. The van der Waals surface area contributed by atoms with Crippen LogP contribution in [-0.4, -0.2) is 72.0 Å². The Labute approximate surface area is 166 Å². The van der Waals surface area contributed by atoms with Gasteiger partial charge >= 0.3 is 0 Å². The smallest absolute Gasteiger partial charge is 0.276 e. The van der Waals surface area contributed by atoms with Crippen molar-refractivity contribution in [3.63, 3.8) is 0 Å². The summed E-state index contributed by atoms with van der Waals surface area (Å²) < 4.78 is 11.9. The third kappa shape index (κ3) is 4.38. The van der Waals surface area contributed by atoms with Gasteiger partial charge in [-0.15, -0.1) is 0 Å². The van der Waals surface area contributed by atoms with Gasteiger partial charge in [0.15, 0.2) is 5.69 Å². The molecule has 2 aliphatic heterocycles. The van der Waals surface area contributed by atoms with Crippen molar-refractivity contribution < 1.29 is 18.7 Å². The van der Waals surface area contributed by atoms with Crippen molar-refractivity contribution in [3.05, 3.63) is 17.3 Å². The summed E-state index contributed by atoms with van der Waals surface area (Å²) in [7, 11) is 2.11. The summed E-state index contributed by atoms with van der Waals surface area (Å²) in [5.74, 6) is 0.684. The number of likely N-dealkylation sites (tertiary alicyclic amines) is 1. The number of rotatable bonds is 4. The Bertz CT molecular complexity index is 722. The van der Waals surface area contributed by atoms with Gasteiger partial charge in [0.25, 0.3) is 5.91 Å². The predicted molar refractivity (Wildman–Crippen MR) is 104 cm³/mol. The predicted octanol–water partition coefficient (Wildman–Crippen LogP) is 1.75. The van der Waals surface area contributed by atoms with Gasteiger partial charge in [0.2, 0.25) is 11.8 Å². The van der Waals surface area contributed by atoms with Crippen LogP contribution in [0.25, 0.3) is 0 Å². The number of hydrogen-bond acceptors (Lipinski definition) is 6. The minimum Gasteiger partial charge on any atom is -0.443 e. The summed E-state index contributed by atoms with van der Waals surface area (Å²) in [4.78, 5) is 33.3. The van der Waals surface area contributed by atoms with E-state index < -0.39 is 0 Å². The zero-order valence-electron chi connectivity index (χ0n) is 17.6. The van der Waals surface area contributed by atoms with Gasteiger partial charge in [-0.25, -0.2) is 4.98 Å². The zero-order chi connectivity index (χ0) is 20.5. The molecule has 0 aromatic carbocycles. The van der Waals surface area contributed by atoms with E-state index in [1.807, 2.05) is 18.7 Å². The van der Waals surface area contributed by atoms with Crippen molar-refractivity contribution in [3.8, 4) is 0 Å². The average molecular weight is 393 g/mol. The molecule has 3 rings (SSSR count). The van der Waals surface area contributed by atoms with Crippen LogP contribution in [0.1, 0.15) is 61.8 Å². The SMILES string of the molecule is CC(=O)N[C@H](c1nc(C(=O)N2CCOC3(CCN(C)CC3)C2)c(C)o1)C(C)C. The first kappa shape index (κ1) is 20.8. The molecule has 1 N–H and O–H groups in total. The Morgan fingerprint density at radius 3 is 2.50 bits per heavy atom.